The fourth-order valence-electron chi connectivity index (χ4n) is 6.97. The van der Waals surface area contributed by atoms with Gasteiger partial charge in [0.05, 0.1) is 0 Å². The fraction of sp³-hybridized carbons (Fsp3) is 0.778. The molecule has 0 saturated carbocycles. The maximum absolute atomic E-state index is 13.1. The lowest BCUT2D eigenvalue weighted by molar-refractivity contribution is -0.145. The van der Waals surface area contributed by atoms with Crippen molar-refractivity contribution in [3.8, 4) is 11.5 Å². The molecular weight excluding hydrogens is 510 g/mol. The number of likely N-dealkylation sites (tertiary alicyclic amines) is 1. The Morgan fingerprint density at radius 2 is 1.54 bits per heavy atom. The largest absolute Gasteiger partial charge is 0.487 e. The second-order valence-corrected chi connectivity index (χ2v) is 14.2. The zero-order chi connectivity index (χ0) is 30.3. The minimum atomic E-state index is -0.484. The molecule has 1 fully saturated rings. The zero-order valence-corrected chi connectivity index (χ0v) is 27.8. The summed E-state index contributed by atoms with van der Waals surface area (Å²) >= 11 is 0. The normalized spacial score (nSPS) is 21.9. The van der Waals surface area contributed by atoms with E-state index in [1.807, 2.05) is 13.8 Å². The summed E-state index contributed by atoms with van der Waals surface area (Å²) in [4.78, 5) is 26.7. The number of rotatable bonds is 14. The summed E-state index contributed by atoms with van der Waals surface area (Å²) in [6.45, 7) is 20.1. The predicted molar refractivity (Wildman–Crippen MR) is 169 cm³/mol. The van der Waals surface area contributed by atoms with Crippen molar-refractivity contribution in [2.24, 2.45) is 17.8 Å². The average Bonchev–Trinajstić information content (AvgIpc) is 3.40. The smallest absolute Gasteiger partial charge is 0.334 e. The molecule has 3 rings (SSSR count). The first kappa shape index (κ1) is 33.5. The van der Waals surface area contributed by atoms with Crippen molar-refractivity contribution in [2.75, 3.05) is 6.54 Å². The maximum atomic E-state index is 13.1. The summed E-state index contributed by atoms with van der Waals surface area (Å²) in [6, 6.07) is -0.484. The molecule has 0 bridgehead atoms. The van der Waals surface area contributed by atoms with Crippen LogP contribution < -0.4 is 9.47 Å². The van der Waals surface area contributed by atoms with Gasteiger partial charge in [0.2, 0.25) is 5.91 Å². The van der Waals surface area contributed by atoms with Crippen LogP contribution in [-0.2, 0) is 16.0 Å². The number of hydrogen-bond acceptors (Lipinski definition) is 4. The van der Waals surface area contributed by atoms with Crippen LogP contribution in [0.1, 0.15) is 141 Å². The highest BCUT2D eigenvalue weighted by Gasteiger charge is 2.37. The quantitative estimate of drug-likeness (QED) is 0.166. The van der Waals surface area contributed by atoms with Crippen molar-refractivity contribution >= 4 is 11.9 Å². The molecule has 232 valence electrons. The number of fused-ring (bicyclic) bond motifs is 1. The Labute approximate surface area is 251 Å². The molecule has 1 aromatic rings. The second-order valence-electron chi connectivity index (χ2n) is 14.2. The molecule has 1 saturated heterocycles. The molecule has 5 nitrogen and oxygen atoms in total. The van der Waals surface area contributed by atoms with E-state index in [4.69, 9.17) is 9.47 Å². The molecule has 2 aliphatic heterocycles. The Kier molecular flexibility index (Phi) is 12.2. The monoisotopic (exact) mass is 569 g/mol. The maximum Gasteiger partial charge on any atom is 0.334 e. The highest BCUT2D eigenvalue weighted by Crippen LogP contribution is 2.45. The van der Waals surface area contributed by atoms with Crippen molar-refractivity contribution in [3.05, 3.63) is 22.3 Å². The van der Waals surface area contributed by atoms with Gasteiger partial charge in [-0.25, -0.2) is 4.79 Å². The van der Waals surface area contributed by atoms with Gasteiger partial charge in [0.15, 0.2) is 0 Å². The number of hydrogen-bond donors (Lipinski definition) is 0. The molecule has 0 aromatic heterocycles. The van der Waals surface area contributed by atoms with E-state index in [0.717, 1.165) is 65.9 Å². The first-order chi connectivity index (χ1) is 19.3. The van der Waals surface area contributed by atoms with Crippen LogP contribution >= 0.6 is 0 Å². The van der Waals surface area contributed by atoms with Crippen molar-refractivity contribution in [2.45, 2.75) is 157 Å². The second kappa shape index (κ2) is 14.9. The van der Waals surface area contributed by atoms with Gasteiger partial charge in [0.1, 0.15) is 23.1 Å². The molecular formula is C36H59NO4. The summed E-state index contributed by atoms with van der Waals surface area (Å²) in [7, 11) is 0. The Morgan fingerprint density at radius 3 is 2.15 bits per heavy atom. The van der Waals surface area contributed by atoms with Crippen LogP contribution in [-0.4, -0.2) is 35.0 Å². The van der Waals surface area contributed by atoms with Gasteiger partial charge in [0.25, 0.3) is 0 Å². The summed E-state index contributed by atoms with van der Waals surface area (Å²) in [5, 5.41) is 0. The van der Waals surface area contributed by atoms with E-state index in [-0.39, 0.29) is 17.5 Å². The molecule has 2 aliphatic rings. The SMILES string of the molecule is CC(=O)N1CCCC1C(=O)Oc1c(C)c(C)c2c(c1C)CCC(C)(CCCC(C)CCCC(C)CCCC(C)C)O2. The van der Waals surface area contributed by atoms with Gasteiger partial charge in [-0.1, -0.05) is 72.6 Å². The molecule has 41 heavy (non-hydrogen) atoms. The van der Waals surface area contributed by atoms with E-state index in [9.17, 15) is 9.59 Å². The molecule has 4 unspecified atom stereocenters. The van der Waals surface area contributed by atoms with E-state index in [1.54, 1.807) is 4.90 Å². The van der Waals surface area contributed by atoms with Crippen LogP contribution in [0, 0.1) is 38.5 Å². The van der Waals surface area contributed by atoms with Gasteiger partial charge in [-0.3, -0.25) is 4.79 Å². The third-order valence-corrected chi connectivity index (χ3v) is 9.97. The van der Waals surface area contributed by atoms with Gasteiger partial charge in [-0.15, -0.1) is 0 Å². The van der Waals surface area contributed by atoms with Gasteiger partial charge < -0.3 is 14.4 Å². The highest BCUT2D eigenvalue weighted by atomic mass is 16.5. The van der Waals surface area contributed by atoms with E-state index in [2.05, 4.69) is 41.5 Å². The Morgan fingerprint density at radius 1 is 0.927 bits per heavy atom. The first-order valence-electron chi connectivity index (χ1n) is 16.6. The zero-order valence-electron chi connectivity index (χ0n) is 27.8. The van der Waals surface area contributed by atoms with Crippen molar-refractivity contribution in [1.29, 1.82) is 0 Å². The van der Waals surface area contributed by atoms with E-state index in [0.29, 0.717) is 18.7 Å². The number of esters is 1. The van der Waals surface area contributed by atoms with Gasteiger partial charge >= 0.3 is 5.97 Å². The number of ether oxygens (including phenoxy) is 2. The average molecular weight is 570 g/mol. The Balaban J connectivity index is 1.53. The van der Waals surface area contributed by atoms with Gasteiger partial charge in [-0.05, 0) is 101 Å². The summed E-state index contributed by atoms with van der Waals surface area (Å²) in [5.41, 5.74) is 4.02. The molecule has 0 N–H and O–H groups in total. The molecule has 4 atom stereocenters. The van der Waals surface area contributed by atoms with E-state index in [1.165, 1.54) is 63.9 Å². The van der Waals surface area contributed by atoms with Crippen LogP contribution in [0.5, 0.6) is 11.5 Å². The molecule has 1 aromatic carbocycles. The summed E-state index contributed by atoms with van der Waals surface area (Å²) in [6.07, 6.45) is 15.1. The first-order valence-corrected chi connectivity index (χ1v) is 16.6. The molecule has 0 radical (unpaired) electrons. The Bertz CT molecular complexity index is 1050. The molecule has 0 aliphatic carbocycles. The van der Waals surface area contributed by atoms with Gasteiger partial charge in [-0.2, -0.15) is 0 Å². The lowest BCUT2D eigenvalue weighted by Crippen LogP contribution is -2.41. The predicted octanol–water partition coefficient (Wildman–Crippen LogP) is 9.05. The number of amides is 1. The molecule has 2 heterocycles. The van der Waals surface area contributed by atoms with Gasteiger partial charge in [0, 0.05) is 19.0 Å². The lowest BCUT2D eigenvalue weighted by atomic mass is 9.83. The number of carbonyl (C=O) groups excluding carboxylic acids is 2. The molecule has 5 heteroatoms. The van der Waals surface area contributed by atoms with Crippen LogP contribution in [0.2, 0.25) is 0 Å². The highest BCUT2D eigenvalue weighted by molar-refractivity contribution is 5.85. The third-order valence-electron chi connectivity index (χ3n) is 9.97. The minimum absolute atomic E-state index is 0.0660. The fourth-order valence-corrected chi connectivity index (χ4v) is 6.97. The molecule has 0 spiro atoms. The Hall–Kier alpha value is -2.04. The van der Waals surface area contributed by atoms with Crippen molar-refractivity contribution < 1.29 is 19.1 Å². The third kappa shape index (κ3) is 8.97. The van der Waals surface area contributed by atoms with Crippen LogP contribution in [0.25, 0.3) is 0 Å². The van der Waals surface area contributed by atoms with E-state index >= 15 is 0 Å². The number of carbonyl (C=O) groups is 2. The minimum Gasteiger partial charge on any atom is -0.487 e. The van der Waals surface area contributed by atoms with Crippen LogP contribution in [0.3, 0.4) is 0 Å². The van der Waals surface area contributed by atoms with Crippen molar-refractivity contribution in [3.63, 3.8) is 0 Å². The number of benzene rings is 1. The molecule has 1 amide bonds. The topological polar surface area (TPSA) is 55.8 Å². The standard InChI is InChI=1S/C36H59NO4/c1-24(2)14-10-15-25(3)16-11-17-26(4)18-12-21-36(9)22-20-31-29(7)33(27(5)28(6)34(31)41-36)40-35(39)32-19-13-23-37(32)30(8)38/h24-26,32H,10-23H2,1-9H3. The van der Waals surface area contributed by atoms with Crippen molar-refractivity contribution in [1.82, 2.24) is 4.90 Å². The van der Waals surface area contributed by atoms with Crippen LogP contribution in [0.4, 0.5) is 0 Å². The van der Waals surface area contributed by atoms with E-state index < -0.39 is 6.04 Å². The summed E-state index contributed by atoms with van der Waals surface area (Å²) in [5.74, 6) is 3.69. The summed E-state index contributed by atoms with van der Waals surface area (Å²) < 4.78 is 12.8. The van der Waals surface area contributed by atoms with Crippen LogP contribution in [0.15, 0.2) is 0 Å². The number of nitrogens with zero attached hydrogens (tertiary/aromatic N) is 1. The lowest BCUT2D eigenvalue weighted by Gasteiger charge is -2.38.